The van der Waals surface area contributed by atoms with Crippen LogP contribution in [0.3, 0.4) is 0 Å². The Morgan fingerprint density at radius 2 is 2.00 bits per heavy atom. The van der Waals surface area contributed by atoms with Crippen LogP contribution < -0.4 is 5.73 Å². The lowest BCUT2D eigenvalue weighted by Gasteiger charge is -2.35. The molecule has 2 N–H and O–H groups in total. The maximum absolute atomic E-state index is 13.5. The van der Waals surface area contributed by atoms with E-state index >= 15 is 0 Å². The van der Waals surface area contributed by atoms with E-state index in [1.807, 2.05) is 19.9 Å². The standard InChI is InChI=1S/C15H22FNO/c1-3-18-15(6-4-5-7-15)14(17)12-8-11(2)9-13(16)10-12/h8-10,14H,3-7,17H2,1-2H3. The van der Waals surface area contributed by atoms with Gasteiger partial charge in [-0.3, -0.25) is 0 Å². The Labute approximate surface area is 108 Å². The number of aryl methyl sites for hydroxylation is 1. The Morgan fingerprint density at radius 1 is 1.33 bits per heavy atom. The minimum atomic E-state index is -0.297. The first kappa shape index (κ1) is 13.5. The van der Waals surface area contributed by atoms with Crippen molar-refractivity contribution in [3.63, 3.8) is 0 Å². The van der Waals surface area contributed by atoms with Crippen LogP contribution in [0, 0.1) is 12.7 Å². The molecule has 1 atom stereocenters. The van der Waals surface area contributed by atoms with Crippen molar-refractivity contribution in [2.24, 2.45) is 5.73 Å². The molecule has 1 unspecified atom stereocenters. The lowest BCUT2D eigenvalue weighted by Crippen LogP contribution is -2.41. The number of hydrogen-bond donors (Lipinski definition) is 1. The van der Waals surface area contributed by atoms with Crippen molar-refractivity contribution in [3.05, 3.63) is 35.1 Å². The highest BCUT2D eigenvalue weighted by molar-refractivity contribution is 5.28. The first-order chi connectivity index (χ1) is 8.57. The summed E-state index contributed by atoms with van der Waals surface area (Å²) in [4.78, 5) is 0. The fourth-order valence-corrected chi connectivity index (χ4v) is 3.05. The summed E-state index contributed by atoms with van der Waals surface area (Å²) in [6, 6.07) is 4.79. The van der Waals surface area contributed by atoms with Crippen molar-refractivity contribution >= 4 is 0 Å². The molecule has 1 aliphatic carbocycles. The zero-order valence-corrected chi connectivity index (χ0v) is 11.2. The molecular formula is C15H22FNO. The third-order valence-electron chi connectivity index (χ3n) is 3.87. The highest BCUT2D eigenvalue weighted by Gasteiger charge is 2.41. The molecule has 0 spiro atoms. The van der Waals surface area contributed by atoms with Crippen LogP contribution >= 0.6 is 0 Å². The van der Waals surface area contributed by atoms with Crippen molar-refractivity contribution in [3.8, 4) is 0 Å². The van der Waals surface area contributed by atoms with Gasteiger partial charge in [0.05, 0.1) is 11.6 Å². The maximum atomic E-state index is 13.5. The van der Waals surface area contributed by atoms with Gasteiger partial charge in [-0.2, -0.15) is 0 Å². The van der Waals surface area contributed by atoms with Gasteiger partial charge in [-0.05, 0) is 49.9 Å². The van der Waals surface area contributed by atoms with E-state index in [0.29, 0.717) is 6.61 Å². The van der Waals surface area contributed by atoms with Gasteiger partial charge in [0.1, 0.15) is 5.82 Å². The van der Waals surface area contributed by atoms with Crippen LogP contribution in [0.4, 0.5) is 4.39 Å². The van der Waals surface area contributed by atoms with Crippen molar-refractivity contribution in [2.75, 3.05) is 6.61 Å². The summed E-state index contributed by atoms with van der Waals surface area (Å²) in [7, 11) is 0. The van der Waals surface area contributed by atoms with Crippen molar-refractivity contribution in [1.82, 2.24) is 0 Å². The van der Waals surface area contributed by atoms with Gasteiger partial charge < -0.3 is 10.5 Å². The highest BCUT2D eigenvalue weighted by atomic mass is 19.1. The molecule has 0 aromatic heterocycles. The van der Waals surface area contributed by atoms with E-state index in [2.05, 4.69) is 0 Å². The van der Waals surface area contributed by atoms with E-state index in [1.54, 1.807) is 0 Å². The van der Waals surface area contributed by atoms with Crippen LogP contribution in [0.25, 0.3) is 0 Å². The molecule has 100 valence electrons. The van der Waals surface area contributed by atoms with Gasteiger partial charge >= 0.3 is 0 Å². The van der Waals surface area contributed by atoms with E-state index in [-0.39, 0.29) is 17.5 Å². The molecule has 0 bridgehead atoms. The van der Waals surface area contributed by atoms with Gasteiger partial charge in [0.15, 0.2) is 0 Å². The number of rotatable bonds is 4. The Balaban J connectivity index is 2.30. The third kappa shape index (κ3) is 2.57. The molecule has 1 aliphatic rings. The normalized spacial score (nSPS) is 20.0. The van der Waals surface area contributed by atoms with Gasteiger partial charge in [-0.25, -0.2) is 4.39 Å². The second-order valence-corrected chi connectivity index (χ2v) is 5.24. The van der Waals surface area contributed by atoms with Crippen LogP contribution in [0.2, 0.25) is 0 Å². The molecule has 1 fully saturated rings. The van der Waals surface area contributed by atoms with Crippen LogP contribution in [0.5, 0.6) is 0 Å². The van der Waals surface area contributed by atoms with E-state index in [0.717, 1.165) is 36.8 Å². The second kappa shape index (κ2) is 5.37. The largest absolute Gasteiger partial charge is 0.373 e. The van der Waals surface area contributed by atoms with Gasteiger partial charge in [0.2, 0.25) is 0 Å². The molecule has 0 amide bonds. The summed E-state index contributed by atoms with van der Waals surface area (Å²) in [6.45, 7) is 4.53. The van der Waals surface area contributed by atoms with Gasteiger partial charge in [0.25, 0.3) is 0 Å². The fourth-order valence-electron chi connectivity index (χ4n) is 3.05. The zero-order valence-electron chi connectivity index (χ0n) is 11.2. The molecule has 0 saturated heterocycles. The second-order valence-electron chi connectivity index (χ2n) is 5.24. The molecular weight excluding hydrogens is 229 g/mol. The molecule has 1 aromatic carbocycles. The zero-order chi connectivity index (χ0) is 13.2. The van der Waals surface area contributed by atoms with Crippen LogP contribution in [-0.2, 0) is 4.74 Å². The topological polar surface area (TPSA) is 35.2 Å². The van der Waals surface area contributed by atoms with Crippen molar-refractivity contribution < 1.29 is 9.13 Å². The molecule has 0 radical (unpaired) electrons. The maximum Gasteiger partial charge on any atom is 0.123 e. The Morgan fingerprint density at radius 3 is 2.56 bits per heavy atom. The summed E-state index contributed by atoms with van der Waals surface area (Å²) in [6.07, 6.45) is 4.22. The summed E-state index contributed by atoms with van der Waals surface area (Å²) >= 11 is 0. The Bertz CT molecular complexity index is 393. The average Bonchev–Trinajstić information content (AvgIpc) is 2.77. The van der Waals surface area contributed by atoms with E-state index in [9.17, 15) is 4.39 Å². The summed E-state index contributed by atoms with van der Waals surface area (Å²) < 4.78 is 19.4. The lowest BCUT2D eigenvalue weighted by atomic mass is 9.87. The van der Waals surface area contributed by atoms with Gasteiger partial charge in [-0.1, -0.05) is 18.9 Å². The first-order valence-corrected chi connectivity index (χ1v) is 6.74. The number of ether oxygens (including phenoxy) is 1. The fraction of sp³-hybridized carbons (Fsp3) is 0.600. The minimum absolute atomic E-state index is 0.218. The smallest absolute Gasteiger partial charge is 0.123 e. The molecule has 0 heterocycles. The predicted molar refractivity (Wildman–Crippen MR) is 70.9 cm³/mol. The summed E-state index contributed by atoms with van der Waals surface area (Å²) in [5, 5.41) is 0. The lowest BCUT2D eigenvalue weighted by molar-refractivity contribution is -0.0537. The minimum Gasteiger partial charge on any atom is -0.373 e. The third-order valence-corrected chi connectivity index (χ3v) is 3.87. The molecule has 2 nitrogen and oxygen atoms in total. The number of benzene rings is 1. The van der Waals surface area contributed by atoms with Crippen molar-refractivity contribution in [1.29, 1.82) is 0 Å². The van der Waals surface area contributed by atoms with E-state index in [4.69, 9.17) is 10.5 Å². The average molecular weight is 251 g/mol. The number of hydrogen-bond acceptors (Lipinski definition) is 2. The monoisotopic (exact) mass is 251 g/mol. The number of halogens is 1. The highest BCUT2D eigenvalue weighted by Crippen LogP contribution is 2.41. The van der Waals surface area contributed by atoms with Gasteiger partial charge in [-0.15, -0.1) is 0 Å². The van der Waals surface area contributed by atoms with E-state index in [1.165, 1.54) is 12.1 Å². The summed E-state index contributed by atoms with van der Waals surface area (Å²) in [5.74, 6) is -0.218. The first-order valence-electron chi connectivity index (χ1n) is 6.74. The van der Waals surface area contributed by atoms with Crippen molar-refractivity contribution in [2.45, 2.75) is 51.2 Å². The molecule has 0 aliphatic heterocycles. The Hall–Kier alpha value is -0.930. The van der Waals surface area contributed by atoms with Crippen LogP contribution in [0.15, 0.2) is 18.2 Å². The molecule has 1 aromatic rings. The summed E-state index contributed by atoms with van der Waals surface area (Å²) in [5.41, 5.74) is 7.83. The predicted octanol–water partition coefficient (Wildman–Crippen LogP) is 3.48. The van der Waals surface area contributed by atoms with Gasteiger partial charge in [0, 0.05) is 6.61 Å². The molecule has 1 saturated carbocycles. The number of nitrogens with two attached hydrogens (primary N) is 1. The molecule has 2 rings (SSSR count). The van der Waals surface area contributed by atoms with Crippen LogP contribution in [-0.4, -0.2) is 12.2 Å². The van der Waals surface area contributed by atoms with Crippen LogP contribution in [0.1, 0.15) is 49.8 Å². The Kier molecular flexibility index (Phi) is 4.03. The SMILES string of the molecule is CCOC1(C(N)c2cc(C)cc(F)c2)CCCC1. The van der Waals surface area contributed by atoms with E-state index < -0.39 is 0 Å². The molecule has 3 heteroatoms. The quantitative estimate of drug-likeness (QED) is 0.889. The molecule has 18 heavy (non-hydrogen) atoms.